The molecule has 1 rings (SSSR count). The second-order valence-electron chi connectivity index (χ2n) is 2.75. The Morgan fingerprint density at radius 2 is 2.38 bits per heavy atom. The zero-order chi connectivity index (χ0) is 12.1. The van der Waals surface area contributed by atoms with Gasteiger partial charge in [0.25, 0.3) is 6.43 Å². The maximum absolute atomic E-state index is 12.7. The van der Waals surface area contributed by atoms with Crippen molar-refractivity contribution in [3.63, 3.8) is 0 Å². The predicted molar refractivity (Wildman–Crippen MR) is 49.9 cm³/mol. The zero-order valence-corrected chi connectivity index (χ0v) is 8.41. The Balaban J connectivity index is 3.29. The van der Waals surface area contributed by atoms with Gasteiger partial charge in [-0.2, -0.15) is 5.26 Å². The quantitative estimate of drug-likeness (QED) is 0.740. The fraction of sp³-hybridized carbons (Fsp3) is 0.300. The number of hydrogen-bond acceptors (Lipinski definition) is 4. The maximum Gasteiger partial charge on any atom is 0.357 e. The van der Waals surface area contributed by atoms with E-state index in [1.807, 2.05) is 0 Å². The molecule has 0 saturated heterocycles. The van der Waals surface area contributed by atoms with Gasteiger partial charge >= 0.3 is 5.97 Å². The minimum absolute atomic E-state index is 0.0555. The molecule has 0 aromatic carbocycles. The minimum Gasteiger partial charge on any atom is -0.461 e. The van der Waals surface area contributed by atoms with Crippen molar-refractivity contribution >= 4 is 5.97 Å². The second-order valence-corrected chi connectivity index (χ2v) is 2.75. The summed E-state index contributed by atoms with van der Waals surface area (Å²) in [6.45, 7) is 1.61. The van der Waals surface area contributed by atoms with Crippen molar-refractivity contribution in [1.82, 2.24) is 4.98 Å². The molecule has 0 aliphatic rings. The van der Waals surface area contributed by atoms with Gasteiger partial charge in [0.1, 0.15) is 0 Å². The topological polar surface area (TPSA) is 63.0 Å². The molecule has 0 bridgehead atoms. The van der Waals surface area contributed by atoms with E-state index >= 15 is 0 Å². The Morgan fingerprint density at radius 3 is 2.88 bits per heavy atom. The maximum atomic E-state index is 12.7. The molecule has 1 heterocycles. The first-order chi connectivity index (χ1) is 7.61. The van der Waals surface area contributed by atoms with Gasteiger partial charge < -0.3 is 4.74 Å². The molecule has 0 atom stereocenters. The van der Waals surface area contributed by atoms with Gasteiger partial charge in [0.2, 0.25) is 0 Å². The number of alkyl halides is 2. The number of aromatic nitrogens is 1. The second kappa shape index (κ2) is 5.16. The average molecular weight is 226 g/mol. The third kappa shape index (κ3) is 2.31. The Hall–Kier alpha value is -2.03. The number of pyridine rings is 1. The number of carbonyl (C=O) groups excluding carboxylic acids is 1. The predicted octanol–water partition coefficient (Wildman–Crippen LogP) is 2.07. The third-order valence-corrected chi connectivity index (χ3v) is 1.80. The Bertz CT molecular complexity index is 441. The Labute approximate surface area is 90.5 Å². The van der Waals surface area contributed by atoms with Crippen molar-refractivity contribution in [1.29, 1.82) is 5.26 Å². The van der Waals surface area contributed by atoms with Gasteiger partial charge in [-0.3, -0.25) is 0 Å². The molecule has 6 heteroatoms. The summed E-state index contributed by atoms with van der Waals surface area (Å²) in [4.78, 5) is 14.8. The van der Waals surface area contributed by atoms with E-state index in [4.69, 9.17) is 5.26 Å². The molecule has 4 nitrogen and oxygen atoms in total. The molecule has 0 amide bonds. The first kappa shape index (κ1) is 12.0. The summed E-state index contributed by atoms with van der Waals surface area (Å²) >= 11 is 0. The number of hydrogen-bond donors (Lipinski definition) is 0. The summed E-state index contributed by atoms with van der Waals surface area (Å²) in [7, 11) is 0. The van der Waals surface area contributed by atoms with Gasteiger partial charge in [-0.05, 0) is 13.0 Å². The molecule has 0 radical (unpaired) electrons. The van der Waals surface area contributed by atoms with Crippen molar-refractivity contribution in [2.75, 3.05) is 6.61 Å². The molecule has 1 aromatic heterocycles. The SMILES string of the molecule is CCOC(=O)c1nccc(C#N)c1C(F)F. The van der Waals surface area contributed by atoms with Crippen molar-refractivity contribution in [2.24, 2.45) is 0 Å². The lowest BCUT2D eigenvalue weighted by Gasteiger charge is -2.08. The van der Waals surface area contributed by atoms with Gasteiger partial charge in [0.15, 0.2) is 5.69 Å². The monoisotopic (exact) mass is 226 g/mol. The zero-order valence-electron chi connectivity index (χ0n) is 8.41. The molecular weight excluding hydrogens is 218 g/mol. The van der Waals surface area contributed by atoms with Crippen LogP contribution in [0.3, 0.4) is 0 Å². The number of nitriles is 1. The van der Waals surface area contributed by atoms with Crippen molar-refractivity contribution in [3.8, 4) is 6.07 Å². The van der Waals surface area contributed by atoms with Crippen LogP contribution in [0.2, 0.25) is 0 Å². The van der Waals surface area contributed by atoms with Crippen LogP contribution in [0.4, 0.5) is 8.78 Å². The van der Waals surface area contributed by atoms with E-state index in [2.05, 4.69) is 9.72 Å². The third-order valence-electron chi connectivity index (χ3n) is 1.80. The minimum atomic E-state index is -2.94. The molecule has 0 fully saturated rings. The highest BCUT2D eigenvalue weighted by Gasteiger charge is 2.24. The first-order valence-electron chi connectivity index (χ1n) is 4.46. The van der Waals surface area contributed by atoms with Gasteiger partial charge in [-0.15, -0.1) is 0 Å². The highest BCUT2D eigenvalue weighted by molar-refractivity contribution is 5.89. The molecule has 84 valence electrons. The number of rotatable bonds is 3. The van der Waals surface area contributed by atoms with Crippen LogP contribution in [0.25, 0.3) is 0 Å². The van der Waals surface area contributed by atoms with E-state index in [0.717, 1.165) is 12.3 Å². The van der Waals surface area contributed by atoms with Crippen LogP contribution in [-0.4, -0.2) is 17.6 Å². The van der Waals surface area contributed by atoms with Crippen molar-refractivity contribution < 1.29 is 18.3 Å². The highest BCUT2D eigenvalue weighted by Crippen LogP contribution is 2.25. The summed E-state index contributed by atoms with van der Waals surface area (Å²) < 4.78 is 29.9. The highest BCUT2D eigenvalue weighted by atomic mass is 19.3. The summed E-state index contributed by atoms with van der Waals surface area (Å²) in [5.74, 6) is -0.949. The Kier molecular flexibility index (Phi) is 3.89. The number of halogens is 2. The van der Waals surface area contributed by atoms with Gasteiger partial charge in [-0.25, -0.2) is 18.6 Å². The lowest BCUT2D eigenvalue weighted by molar-refractivity contribution is 0.0507. The van der Waals surface area contributed by atoms with Crippen LogP contribution in [0, 0.1) is 11.3 Å². The number of carbonyl (C=O) groups is 1. The van der Waals surface area contributed by atoms with Crippen LogP contribution in [-0.2, 0) is 4.74 Å². The van der Waals surface area contributed by atoms with Crippen LogP contribution < -0.4 is 0 Å². The summed E-state index contributed by atoms with van der Waals surface area (Å²) in [6, 6.07) is 2.72. The molecule has 16 heavy (non-hydrogen) atoms. The summed E-state index contributed by atoms with van der Waals surface area (Å²) in [5, 5.41) is 8.64. The molecule has 0 spiro atoms. The van der Waals surface area contributed by atoms with Crippen LogP contribution >= 0.6 is 0 Å². The van der Waals surface area contributed by atoms with Crippen LogP contribution in [0.5, 0.6) is 0 Å². The number of nitrogens with zero attached hydrogens (tertiary/aromatic N) is 2. The smallest absolute Gasteiger partial charge is 0.357 e. The molecule has 0 aliphatic heterocycles. The van der Waals surface area contributed by atoms with E-state index in [-0.39, 0.29) is 12.2 Å². The fourth-order valence-corrected chi connectivity index (χ4v) is 1.15. The van der Waals surface area contributed by atoms with E-state index in [9.17, 15) is 13.6 Å². The van der Waals surface area contributed by atoms with Crippen molar-refractivity contribution in [3.05, 3.63) is 29.1 Å². The van der Waals surface area contributed by atoms with E-state index in [1.54, 1.807) is 13.0 Å². The summed E-state index contributed by atoms with van der Waals surface area (Å²) in [5.41, 5.74) is -1.45. The molecule has 0 unspecified atom stereocenters. The van der Waals surface area contributed by atoms with Crippen LogP contribution in [0.15, 0.2) is 12.3 Å². The summed E-state index contributed by atoms with van der Waals surface area (Å²) in [6.07, 6.45) is -1.82. The van der Waals surface area contributed by atoms with E-state index in [1.165, 1.54) is 0 Å². The molecule has 0 saturated carbocycles. The Morgan fingerprint density at radius 1 is 1.69 bits per heavy atom. The first-order valence-corrected chi connectivity index (χ1v) is 4.46. The van der Waals surface area contributed by atoms with Crippen molar-refractivity contribution in [2.45, 2.75) is 13.3 Å². The van der Waals surface area contributed by atoms with Gasteiger partial charge in [0, 0.05) is 6.20 Å². The van der Waals surface area contributed by atoms with E-state index in [0.29, 0.717) is 0 Å². The standard InChI is InChI=1S/C10H8F2N2O2/c1-2-16-10(15)8-7(9(11)12)6(5-13)3-4-14-8/h3-4,9H,2H2,1H3. The average Bonchev–Trinajstić information content (AvgIpc) is 2.28. The van der Waals surface area contributed by atoms with Gasteiger partial charge in [0.05, 0.1) is 23.8 Å². The fourth-order valence-electron chi connectivity index (χ4n) is 1.15. The molecule has 1 aromatic rings. The van der Waals surface area contributed by atoms with Gasteiger partial charge in [-0.1, -0.05) is 0 Å². The van der Waals surface area contributed by atoms with E-state index < -0.39 is 23.7 Å². The molecule has 0 N–H and O–H groups in total. The largest absolute Gasteiger partial charge is 0.461 e. The number of ether oxygens (including phenoxy) is 1. The lowest BCUT2D eigenvalue weighted by atomic mass is 10.1. The normalized spacial score (nSPS) is 9.94. The number of esters is 1. The molecule has 0 aliphatic carbocycles. The molecular formula is C10H8F2N2O2. The lowest BCUT2D eigenvalue weighted by Crippen LogP contribution is -2.12. The van der Waals surface area contributed by atoms with Crippen LogP contribution in [0.1, 0.15) is 35.0 Å².